The summed E-state index contributed by atoms with van der Waals surface area (Å²) in [7, 11) is 4.81. The van der Waals surface area contributed by atoms with Gasteiger partial charge in [0.15, 0.2) is 0 Å². The van der Waals surface area contributed by atoms with Gasteiger partial charge in [-0.15, -0.1) is 0 Å². The second kappa shape index (κ2) is 6.68. The number of aromatic nitrogens is 2. The molecule has 0 saturated carbocycles. The Hall–Kier alpha value is -3.48. The zero-order valence-electron chi connectivity index (χ0n) is 15.2. The Morgan fingerprint density at radius 3 is 2.30 bits per heavy atom. The van der Waals surface area contributed by atoms with Crippen molar-refractivity contribution in [3.05, 3.63) is 59.3 Å². The predicted octanol–water partition coefficient (Wildman–Crippen LogP) is 2.94. The highest BCUT2D eigenvalue weighted by Gasteiger charge is 2.37. The highest BCUT2D eigenvalue weighted by Crippen LogP contribution is 2.41. The molecule has 3 aromatic rings. The lowest BCUT2D eigenvalue weighted by Crippen LogP contribution is -2.21. The smallest absolute Gasteiger partial charge is 0.270 e. The van der Waals surface area contributed by atoms with E-state index in [-0.39, 0.29) is 11.9 Å². The normalized spacial score (nSPS) is 15.2. The Morgan fingerprint density at radius 2 is 1.63 bits per heavy atom. The van der Waals surface area contributed by atoms with Crippen LogP contribution in [0.15, 0.2) is 42.5 Å². The Labute approximate surface area is 156 Å². The highest BCUT2D eigenvalue weighted by molar-refractivity contribution is 6.00. The third-order valence-corrected chi connectivity index (χ3v) is 4.71. The standard InChI is InChI=1S/C20H19N3O4/c1-25-12-6-4-11(5-7-12)17-16-18(21-20(24)19(16)23-22-17)14-9-8-13(26-2)10-15(14)27-3/h4-10,18H,1-3H3,(H,21,24)(H,22,23)/t18-/m1/s1. The van der Waals surface area contributed by atoms with Crippen molar-refractivity contribution in [2.24, 2.45) is 0 Å². The average molecular weight is 365 g/mol. The number of carbonyl (C=O) groups excluding carboxylic acids is 1. The lowest BCUT2D eigenvalue weighted by Gasteiger charge is -2.17. The SMILES string of the molecule is COc1ccc(-c2n[nH]c3c2[C@@H](c2ccc(OC)cc2OC)NC3=O)cc1. The Morgan fingerprint density at radius 1 is 0.926 bits per heavy atom. The lowest BCUT2D eigenvalue weighted by molar-refractivity contribution is 0.0955. The van der Waals surface area contributed by atoms with E-state index in [1.807, 2.05) is 36.4 Å². The number of hydrogen-bond donors (Lipinski definition) is 2. The molecule has 0 fully saturated rings. The number of nitrogens with one attached hydrogen (secondary N) is 2. The molecule has 7 nitrogen and oxygen atoms in total. The number of amides is 1. The highest BCUT2D eigenvalue weighted by atomic mass is 16.5. The van der Waals surface area contributed by atoms with Crippen LogP contribution in [0.5, 0.6) is 17.2 Å². The van der Waals surface area contributed by atoms with E-state index in [2.05, 4.69) is 15.5 Å². The van der Waals surface area contributed by atoms with Crippen molar-refractivity contribution in [1.29, 1.82) is 0 Å². The van der Waals surface area contributed by atoms with Gasteiger partial charge in [0, 0.05) is 22.8 Å². The van der Waals surface area contributed by atoms with Crippen molar-refractivity contribution in [3.63, 3.8) is 0 Å². The fourth-order valence-electron chi connectivity index (χ4n) is 3.34. The Kier molecular flexibility index (Phi) is 4.19. The second-order valence-corrected chi connectivity index (χ2v) is 6.10. The van der Waals surface area contributed by atoms with Crippen molar-refractivity contribution in [2.75, 3.05) is 21.3 Å². The average Bonchev–Trinajstić information content (AvgIpc) is 3.29. The number of ether oxygens (including phenoxy) is 3. The van der Waals surface area contributed by atoms with Crippen molar-refractivity contribution in [2.45, 2.75) is 6.04 Å². The van der Waals surface area contributed by atoms with E-state index >= 15 is 0 Å². The molecule has 0 aliphatic carbocycles. The first-order chi connectivity index (χ1) is 13.2. The van der Waals surface area contributed by atoms with Gasteiger partial charge in [-0.2, -0.15) is 5.10 Å². The van der Waals surface area contributed by atoms with Gasteiger partial charge in [0.1, 0.15) is 22.9 Å². The fraction of sp³-hybridized carbons (Fsp3) is 0.200. The Balaban J connectivity index is 1.82. The molecule has 1 aromatic heterocycles. The molecule has 0 unspecified atom stereocenters. The van der Waals surface area contributed by atoms with E-state index in [1.165, 1.54) is 0 Å². The van der Waals surface area contributed by atoms with E-state index in [4.69, 9.17) is 14.2 Å². The number of nitrogens with zero attached hydrogens (tertiary/aromatic N) is 1. The molecule has 7 heteroatoms. The van der Waals surface area contributed by atoms with Gasteiger partial charge in [-0.05, 0) is 36.4 Å². The van der Waals surface area contributed by atoms with Crippen molar-refractivity contribution < 1.29 is 19.0 Å². The summed E-state index contributed by atoms with van der Waals surface area (Å²) in [5, 5.41) is 10.3. The molecule has 0 radical (unpaired) electrons. The number of carbonyl (C=O) groups is 1. The van der Waals surface area contributed by atoms with Gasteiger partial charge in [0.05, 0.1) is 33.1 Å². The molecule has 0 saturated heterocycles. The quantitative estimate of drug-likeness (QED) is 0.726. The van der Waals surface area contributed by atoms with Crippen LogP contribution in [0, 0.1) is 0 Å². The molecular formula is C20H19N3O4. The van der Waals surface area contributed by atoms with Gasteiger partial charge in [0.25, 0.3) is 5.91 Å². The zero-order chi connectivity index (χ0) is 19.0. The van der Waals surface area contributed by atoms with Gasteiger partial charge in [-0.25, -0.2) is 0 Å². The minimum Gasteiger partial charge on any atom is -0.497 e. The van der Waals surface area contributed by atoms with Crippen LogP contribution in [0.3, 0.4) is 0 Å². The van der Waals surface area contributed by atoms with E-state index in [0.717, 1.165) is 22.4 Å². The number of rotatable bonds is 5. The topological polar surface area (TPSA) is 85.5 Å². The molecule has 1 aliphatic rings. The summed E-state index contributed by atoms with van der Waals surface area (Å²) < 4.78 is 16.0. The van der Waals surface area contributed by atoms with E-state index in [1.54, 1.807) is 27.4 Å². The summed E-state index contributed by atoms with van der Waals surface area (Å²) in [6, 6.07) is 12.7. The van der Waals surface area contributed by atoms with Crippen LogP contribution in [0.2, 0.25) is 0 Å². The number of hydrogen-bond acceptors (Lipinski definition) is 5. The first-order valence-corrected chi connectivity index (χ1v) is 8.41. The fourth-order valence-corrected chi connectivity index (χ4v) is 3.34. The van der Waals surface area contributed by atoms with Gasteiger partial charge >= 0.3 is 0 Å². The first kappa shape index (κ1) is 17.0. The number of methoxy groups -OCH3 is 3. The van der Waals surface area contributed by atoms with Crippen LogP contribution in [-0.4, -0.2) is 37.4 Å². The molecule has 27 heavy (non-hydrogen) atoms. The van der Waals surface area contributed by atoms with Crippen LogP contribution >= 0.6 is 0 Å². The largest absolute Gasteiger partial charge is 0.497 e. The number of benzene rings is 2. The summed E-state index contributed by atoms with van der Waals surface area (Å²) in [5.41, 5.74) is 3.70. The summed E-state index contributed by atoms with van der Waals surface area (Å²) >= 11 is 0. The lowest BCUT2D eigenvalue weighted by atomic mass is 9.96. The third kappa shape index (κ3) is 2.77. The third-order valence-electron chi connectivity index (χ3n) is 4.71. The number of fused-ring (bicyclic) bond motifs is 1. The molecule has 138 valence electrons. The van der Waals surface area contributed by atoms with Crippen LogP contribution in [0.25, 0.3) is 11.3 Å². The summed E-state index contributed by atoms with van der Waals surface area (Å²) in [4.78, 5) is 12.4. The molecular weight excluding hydrogens is 346 g/mol. The van der Waals surface area contributed by atoms with Crippen LogP contribution < -0.4 is 19.5 Å². The molecule has 2 heterocycles. The summed E-state index contributed by atoms with van der Waals surface area (Å²) in [6.07, 6.45) is 0. The minimum absolute atomic E-state index is 0.194. The van der Waals surface area contributed by atoms with E-state index < -0.39 is 0 Å². The van der Waals surface area contributed by atoms with Gasteiger partial charge in [-0.3, -0.25) is 9.89 Å². The van der Waals surface area contributed by atoms with Gasteiger partial charge < -0.3 is 19.5 Å². The molecule has 1 atom stereocenters. The molecule has 2 N–H and O–H groups in total. The predicted molar refractivity (Wildman–Crippen MR) is 99.4 cm³/mol. The number of aromatic amines is 1. The molecule has 1 aliphatic heterocycles. The second-order valence-electron chi connectivity index (χ2n) is 6.10. The van der Waals surface area contributed by atoms with Crippen molar-refractivity contribution >= 4 is 5.91 Å². The zero-order valence-corrected chi connectivity index (χ0v) is 15.2. The first-order valence-electron chi connectivity index (χ1n) is 8.41. The maximum atomic E-state index is 12.4. The molecule has 0 bridgehead atoms. The van der Waals surface area contributed by atoms with Gasteiger partial charge in [-0.1, -0.05) is 0 Å². The maximum Gasteiger partial charge on any atom is 0.270 e. The van der Waals surface area contributed by atoms with Gasteiger partial charge in [0.2, 0.25) is 0 Å². The monoisotopic (exact) mass is 365 g/mol. The summed E-state index contributed by atoms with van der Waals surface area (Å²) in [6.45, 7) is 0. The maximum absolute atomic E-state index is 12.4. The molecule has 2 aromatic carbocycles. The summed E-state index contributed by atoms with van der Waals surface area (Å²) in [5.74, 6) is 1.88. The molecule has 1 amide bonds. The Bertz CT molecular complexity index is 995. The van der Waals surface area contributed by atoms with Crippen molar-refractivity contribution in [1.82, 2.24) is 15.5 Å². The van der Waals surface area contributed by atoms with E-state index in [9.17, 15) is 4.79 Å². The van der Waals surface area contributed by atoms with Crippen LogP contribution in [-0.2, 0) is 0 Å². The van der Waals surface area contributed by atoms with Crippen molar-refractivity contribution in [3.8, 4) is 28.5 Å². The minimum atomic E-state index is -0.371. The number of H-pyrrole nitrogens is 1. The van der Waals surface area contributed by atoms with E-state index in [0.29, 0.717) is 22.9 Å². The molecule has 4 rings (SSSR count). The van der Waals surface area contributed by atoms with Crippen LogP contribution in [0.1, 0.15) is 27.7 Å². The van der Waals surface area contributed by atoms with Crippen LogP contribution in [0.4, 0.5) is 0 Å². The molecule has 0 spiro atoms.